The van der Waals surface area contributed by atoms with Gasteiger partial charge in [0.1, 0.15) is 11.6 Å². The molecule has 1 aliphatic rings. The third-order valence-corrected chi connectivity index (χ3v) is 4.48. The lowest BCUT2D eigenvalue weighted by atomic mass is 10.0. The second-order valence-electron chi connectivity index (χ2n) is 5.62. The highest BCUT2D eigenvalue weighted by atomic mass is 32.1. The van der Waals surface area contributed by atoms with Gasteiger partial charge in [-0.15, -0.1) is 0 Å². The van der Waals surface area contributed by atoms with E-state index in [9.17, 15) is 4.39 Å². The molecule has 1 unspecified atom stereocenters. The number of aromatic nitrogens is 3. The highest BCUT2D eigenvalue weighted by Crippen LogP contribution is 2.39. The van der Waals surface area contributed by atoms with Crippen molar-refractivity contribution in [2.24, 2.45) is 0 Å². The summed E-state index contributed by atoms with van der Waals surface area (Å²) in [5.41, 5.74) is 1.63. The van der Waals surface area contributed by atoms with E-state index >= 15 is 0 Å². The average Bonchev–Trinajstić information content (AvgIpc) is 3.33. The third kappa shape index (κ3) is 3.22. The topological polar surface area (TPSA) is 50.7 Å². The molecule has 3 aromatic rings. The molecule has 2 aromatic heterocycles. The Balaban J connectivity index is 1.66. The van der Waals surface area contributed by atoms with Gasteiger partial charge in [0.2, 0.25) is 5.13 Å². The largest absolute Gasteiger partial charge is 0.348 e. The van der Waals surface area contributed by atoms with Gasteiger partial charge in [0.05, 0.1) is 11.7 Å². The highest BCUT2D eigenvalue weighted by molar-refractivity contribution is 7.09. The fraction of sp³-hybridized carbons (Fsp3) is 0.235. The van der Waals surface area contributed by atoms with Crippen molar-refractivity contribution >= 4 is 16.7 Å². The summed E-state index contributed by atoms with van der Waals surface area (Å²) in [6.07, 6.45) is 4.08. The zero-order valence-electron chi connectivity index (χ0n) is 12.3. The van der Waals surface area contributed by atoms with Crippen molar-refractivity contribution in [3.05, 3.63) is 71.6 Å². The lowest BCUT2D eigenvalue weighted by molar-refractivity contribution is 0.624. The summed E-state index contributed by atoms with van der Waals surface area (Å²) in [4.78, 5) is 8.97. The Morgan fingerprint density at radius 2 is 2.09 bits per heavy atom. The smallest absolute Gasteiger partial charge is 0.203 e. The lowest BCUT2D eigenvalue weighted by Crippen LogP contribution is -2.14. The summed E-state index contributed by atoms with van der Waals surface area (Å²) in [5, 5.41) is 4.10. The van der Waals surface area contributed by atoms with Crippen molar-refractivity contribution in [1.29, 1.82) is 0 Å². The van der Waals surface area contributed by atoms with Crippen LogP contribution in [0.2, 0.25) is 0 Å². The molecule has 4 nitrogen and oxygen atoms in total. The Hall–Kier alpha value is -2.34. The Labute approximate surface area is 137 Å². The van der Waals surface area contributed by atoms with E-state index in [4.69, 9.17) is 0 Å². The first-order valence-electron chi connectivity index (χ1n) is 7.56. The average molecular weight is 326 g/mol. The molecule has 116 valence electrons. The minimum Gasteiger partial charge on any atom is -0.348 e. The minimum atomic E-state index is -0.263. The predicted octanol–water partition coefficient (Wildman–Crippen LogP) is 4.15. The first-order valence-corrected chi connectivity index (χ1v) is 8.33. The summed E-state index contributed by atoms with van der Waals surface area (Å²) in [5.74, 6) is 1.17. The second kappa shape index (κ2) is 6.04. The van der Waals surface area contributed by atoms with Gasteiger partial charge in [-0.2, -0.15) is 4.37 Å². The molecule has 1 atom stereocenters. The van der Waals surface area contributed by atoms with Gasteiger partial charge in [-0.1, -0.05) is 18.2 Å². The Morgan fingerprint density at radius 3 is 2.83 bits per heavy atom. The first kappa shape index (κ1) is 14.3. The van der Waals surface area contributed by atoms with Gasteiger partial charge in [-0.05, 0) is 42.7 Å². The van der Waals surface area contributed by atoms with Crippen molar-refractivity contribution in [1.82, 2.24) is 14.3 Å². The third-order valence-electron chi connectivity index (χ3n) is 3.82. The van der Waals surface area contributed by atoms with Gasteiger partial charge in [0, 0.05) is 23.6 Å². The summed E-state index contributed by atoms with van der Waals surface area (Å²) in [6.45, 7) is 0. The fourth-order valence-electron chi connectivity index (χ4n) is 2.49. The van der Waals surface area contributed by atoms with Crippen molar-refractivity contribution in [2.45, 2.75) is 24.8 Å². The fourth-order valence-corrected chi connectivity index (χ4v) is 3.16. The van der Waals surface area contributed by atoms with E-state index in [1.807, 2.05) is 24.3 Å². The van der Waals surface area contributed by atoms with Crippen LogP contribution in [0.5, 0.6) is 0 Å². The van der Waals surface area contributed by atoms with E-state index in [1.165, 1.54) is 36.5 Å². The van der Waals surface area contributed by atoms with Crippen LogP contribution in [0.25, 0.3) is 0 Å². The number of anilines is 1. The van der Waals surface area contributed by atoms with Crippen molar-refractivity contribution < 1.29 is 4.39 Å². The van der Waals surface area contributed by atoms with Crippen LogP contribution in [-0.2, 0) is 0 Å². The van der Waals surface area contributed by atoms with Gasteiger partial charge in [-0.25, -0.2) is 9.37 Å². The number of hydrogen-bond donors (Lipinski definition) is 1. The number of halogens is 1. The van der Waals surface area contributed by atoms with Gasteiger partial charge in [0.15, 0.2) is 0 Å². The predicted molar refractivity (Wildman–Crippen MR) is 88.0 cm³/mol. The zero-order chi connectivity index (χ0) is 15.6. The molecule has 4 rings (SSSR count). The van der Waals surface area contributed by atoms with E-state index < -0.39 is 0 Å². The molecule has 0 bridgehead atoms. The van der Waals surface area contributed by atoms with Crippen LogP contribution in [0.4, 0.5) is 9.52 Å². The van der Waals surface area contributed by atoms with Gasteiger partial charge in [-0.3, -0.25) is 4.98 Å². The maximum atomic E-state index is 13.6. The molecule has 2 heterocycles. The minimum absolute atomic E-state index is 0.257. The number of nitrogens with one attached hydrogen (secondary N) is 1. The summed E-state index contributed by atoms with van der Waals surface area (Å²) in [6, 6.07) is 12.0. The molecule has 0 saturated heterocycles. The van der Waals surface area contributed by atoms with Crippen molar-refractivity contribution in [3.8, 4) is 0 Å². The summed E-state index contributed by atoms with van der Waals surface area (Å²) < 4.78 is 18.0. The van der Waals surface area contributed by atoms with E-state index in [-0.39, 0.29) is 11.9 Å². The van der Waals surface area contributed by atoms with Crippen LogP contribution < -0.4 is 5.32 Å². The normalized spacial score (nSPS) is 15.3. The molecule has 1 N–H and O–H groups in total. The summed E-state index contributed by atoms with van der Waals surface area (Å²) >= 11 is 1.35. The second-order valence-corrected chi connectivity index (χ2v) is 6.37. The maximum absolute atomic E-state index is 13.6. The molecule has 1 saturated carbocycles. The van der Waals surface area contributed by atoms with Gasteiger partial charge >= 0.3 is 0 Å². The molecule has 0 radical (unpaired) electrons. The van der Waals surface area contributed by atoms with E-state index in [1.54, 1.807) is 12.3 Å². The molecule has 1 aliphatic carbocycles. The van der Waals surface area contributed by atoms with Crippen LogP contribution in [0.3, 0.4) is 0 Å². The first-order chi connectivity index (χ1) is 11.3. The number of benzene rings is 1. The Morgan fingerprint density at radius 1 is 1.17 bits per heavy atom. The summed E-state index contributed by atoms with van der Waals surface area (Å²) in [7, 11) is 0. The van der Waals surface area contributed by atoms with Crippen LogP contribution in [0, 0.1) is 5.82 Å². The van der Waals surface area contributed by atoms with E-state index in [0.29, 0.717) is 5.92 Å². The number of hydrogen-bond acceptors (Lipinski definition) is 5. The lowest BCUT2D eigenvalue weighted by Gasteiger charge is -2.18. The van der Waals surface area contributed by atoms with E-state index in [0.717, 1.165) is 22.2 Å². The Bertz CT molecular complexity index is 801. The standard InChI is InChI=1S/C17H15FN4S/c18-13-5-3-4-12(10-13)15(14-6-1-2-9-19-14)20-17-21-16(22-23-17)11-7-8-11/h1-6,9-11,15H,7-8H2,(H,20,21,22). The molecule has 0 amide bonds. The maximum Gasteiger partial charge on any atom is 0.203 e. The van der Waals surface area contributed by atoms with Crippen LogP contribution in [-0.4, -0.2) is 14.3 Å². The number of rotatable bonds is 5. The van der Waals surface area contributed by atoms with Gasteiger partial charge < -0.3 is 5.32 Å². The van der Waals surface area contributed by atoms with Crippen molar-refractivity contribution in [3.63, 3.8) is 0 Å². The molecule has 6 heteroatoms. The molecule has 0 spiro atoms. The van der Waals surface area contributed by atoms with Crippen LogP contribution in [0.15, 0.2) is 48.7 Å². The molecule has 23 heavy (non-hydrogen) atoms. The highest BCUT2D eigenvalue weighted by Gasteiger charge is 2.28. The monoisotopic (exact) mass is 326 g/mol. The van der Waals surface area contributed by atoms with Crippen LogP contribution in [0.1, 0.15) is 41.9 Å². The quantitative estimate of drug-likeness (QED) is 0.765. The molecular formula is C17H15FN4S. The van der Waals surface area contributed by atoms with Crippen molar-refractivity contribution in [2.75, 3.05) is 5.32 Å². The molecule has 1 fully saturated rings. The number of nitrogens with zero attached hydrogens (tertiary/aromatic N) is 3. The molecule has 1 aromatic carbocycles. The Kier molecular flexibility index (Phi) is 3.75. The van der Waals surface area contributed by atoms with Crippen LogP contribution >= 0.6 is 11.5 Å². The zero-order valence-corrected chi connectivity index (χ0v) is 13.1. The number of pyridine rings is 1. The van der Waals surface area contributed by atoms with E-state index in [2.05, 4.69) is 19.7 Å². The van der Waals surface area contributed by atoms with Gasteiger partial charge in [0.25, 0.3) is 0 Å². The molecule has 0 aliphatic heterocycles. The SMILES string of the molecule is Fc1cccc(C(Nc2nc(C3CC3)ns2)c2ccccn2)c1. The molecular weight excluding hydrogens is 311 g/mol.